The fraction of sp³-hybridized carbons (Fsp3) is 1.00. The summed E-state index contributed by atoms with van der Waals surface area (Å²) in [5.74, 6) is 0. The highest BCUT2D eigenvalue weighted by molar-refractivity contribution is 4.81. The molecule has 0 heterocycles. The third-order valence-corrected chi connectivity index (χ3v) is 3.18. The molecule has 0 saturated heterocycles. The lowest BCUT2D eigenvalue weighted by molar-refractivity contribution is -0.00253. The summed E-state index contributed by atoms with van der Waals surface area (Å²) < 4.78 is 11.0. The van der Waals surface area contributed by atoms with Crippen LogP contribution in [0.15, 0.2) is 0 Å². The first-order valence-corrected chi connectivity index (χ1v) is 6.72. The van der Waals surface area contributed by atoms with E-state index >= 15 is 0 Å². The van der Waals surface area contributed by atoms with E-state index in [0.717, 1.165) is 26.2 Å². The van der Waals surface area contributed by atoms with Gasteiger partial charge in [0.2, 0.25) is 0 Å². The molecule has 0 aromatic carbocycles. The van der Waals surface area contributed by atoms with Crippen molar-refractivity contribution in [1.29, 1.82) is 0 Å². The van der Waals surface area contributed by atoms with Crippen LogP contribution in [0.3, 0.4) is 0 Å². The number of rotatable bonds is 8. The monoisotopic (exact) mass is 229 g/mol. The summed E-state index contributed by atoms with van der Waals surface area (Å²) in [6, 6.07) is 0.580. The Labute approximate surface area is 99.9 Å². The van der Waals surface area contributed by atoms with Gasteiger partial charge in [0.15, 0.2) is 0 Å². The number of hydrogen-bond donors (Lipinski definition) is 1. The predicted molar refractivity (Wildman–Crippen MR) is 66.8 cm³/mol. The Balaban J connectivity index is 2.18. The molecule has 0 radical (unpaired) electrons. The van der Waals surface area contributed by atoms with Crippen LogP contribution >= 0.6 is 0 Å². The van der Waals surface area contributed by atoms with Crippen LogP contribution in [0.5, 0.6) is 0 Å². The van der Waals surface area contributed by atoms with Gasteiger partial charge in [-0.05, 0) is 32.2 Å². The molecule has 96 valence electrons. The molecule has 0 aromatic heterocycles. The molecule has 3 nitrogen and oxygen atoms in total. The Morgan fingerprint density at radius 3 is 2.75 bits per heavy atom. The molecule has 0 amide bonds. The van der Waals surface area contributed by atoms with Crippen LogP contribution in [0.4, 0.5) is 0 Å². The van der Waals surface area contributed by atoms with Crippen molar-refractivity contribution < 1.29 is 9.47 Å². The molecular formula is C13H27NO2. The Hall–Kier alpha value is -0.120. The van der Waals surface area contributed by atoms with Crippen LogP contribution in [0, 0.1) is 0 Å². The first kappa shape index (κ1) is 13.9. The molecule has 1 N–H and O–H groups in total. The lowest BCUT2D eigenvalue weighted by Crippen LogP contribution is -2.44. The van der Waals surface area contributed by atoms with Crippen molar-refractivity contribution in [3.8, 4) is 0 Å². The maximum atomic E-state index is 5.95. The van der Waals surface area contributed by atoms with E-state index in [4.69, 9.17) is 9.47 Å². The Kier molecular flexibility index (Phi) is 7.81. The van der Waals surface area contributed by atoms with Crippen molar-refractivity contribution in [1.82, 2.24) is 5.32 Å². The van der Waals surface area contributed by atoms with Gasteiger partial charge in [-0.2, -0.15) is 0 Å². The molecular weight excluding hydrogens is 202 g/mol. The van der Waals surface area contributed by atoms with Crippen LogP contribution in [-0.2, 0) is 9.47 Å². The van der Waals surface area contributed by atoms with Crippen molar-refractivity contribution in [2.75, 3.05) is 26.9 Å². The molecule has 2 unspecified atom stereocenters. The Bertz CT molecular complexity index is 164. The minimum atomic E-state index is 0.428. The van der Waals surface area contributed by atoms with Crippen molar-refractivity contribution in [3.05, 3.63) is 0 Å². The normalized spacial score (nSPS) is 25.9. The maximum absolute atomic E-state index is 5.95. The molecule has 16 heavy (non-hydrogen) atoms. The summed E-state index contributed by atoms with van der Waals surface area (Å²) in [6.07, 6.45) is 7.79. The highest BCUT2D eigenvalue weighted by Crippen LogP contribution is 2.21. The van der Waals surface area contributed by atoms with Crippen molar-refractivity contribution >= 4 is 0 Å². The molecule has 0 bridgehead atoms. The Morgan fingerprint density at radius 1 is 1.19 bits per heavy atom. The van der Waals surface area contributed by atoms with E-state index in [1.54, 1.807) is 7.11 Å². The summed E-state index contributed by atoms with van der Waals surface area (Å²) in [5.41, 5.74) is 0. The average molecular weight is 229 g/mol. The summed E-state index contributed by atoms with van der Waals surface area (Å²) in [5, 5.41) is 3.61. The van der Waals surface area contributed by atoms with E-state index in [0.29, 0.717) is 12.1 Å². The molecule has 0 aromatic rings. The van der Waals surface area contributed by atoms with Crippen LogP contribution < -0.4 is 5.32 Å². The molecule has 1 rings (SSSR count). The summed E-state index contributed by atoms with van der Waals surface area (Å²) in [4.78, 5) is 0. The van der Waals surface area contributed by atoms with E-state index in [2.05, 4.69) is 12.2 Å². The first-order valence-electron chi connectivity index (χ1n) is 6.72. The topological polar surface area (TPSA) is 30.5 Å². The number of hydrogen-bond acceptors (Lipinski definition) is 3. The smallest absolute Gasteiger partial charge is 0.0728 e. The molecule has 2 atom stereocenters. The molecule has 1 fully saturated rings. The van der Waals surface area contributed by atoms with E-state index in [1.807, 2.05) is 0 Å². The highest BCUT2D eigenvalue weighted by Gasteiger charge is 2.24. The number of ether oxygens (including phenoxy) is 2. The summed E-state index contributed by atoms with van der Waals surface area (Å²) in [6.45, 7) is 4.97. The number of methoxy groups -OCH3 is 1. The minimum Gasteiger partial charge on any atom is -0.385 e. The molecule has 1 saturated carbocycles. The zero-order valence-electron chi connectivity index (χ0n) is 10.8. The second kappa shape index (κ2) is 8.97. The zero-order valence-corrected chi connectivity index (χ0v) is 10.8. The molecule has 0 aliphatic heterocycles. The van der Waals surface area contributed by atoms with Crippen LogP contribution in [-0.4, -0.2) is 39.0 Å². The largest absolute Gasteiger partial charge is 0.385 e. The Morgan fingerprint density at radius 2 is 2.00 bits per heavy atom. The van der Waals surface area contributed by atoms with Crippen LogP contribution in [0.25, 0.3) is 0 Å². The fourth-order valence-corrected chi connectivity index (χ4v) is 2.30. The quantitative estimate of drug-likeness (QED) is 0.648. The van der Waals surface area contributed by atoms with E-state index in [1.165, 1.54) is 32.1 Å². The lowest BCUT2D eigenvalue weighted by atomic mass is 9.92. The van der Waals surface area contributed by atoms with Gasteiger partial charge in [0, 0.05) is 26.4 Å². The fourth-order valence-electron chi connectivity index (χ4n) is 2.30. The molecule has 1 aliphatic carbocycles. The van der Waals surface area contributed by atoms with E-state index in [-0.39, 0.29) is 0 Å². The van der Waals surface area contributed by atoms with Gasteiger partial charge in [-0.25, -0.2) is 0 Å². The van der Waals surface area contributed by atoms with Gasteiger partial charge in [0.1, 0.15) is 0 Å². The average Bonchev–Trinajstić information content (AvgIpc) is 2.33. The molecule has 1 aliphatic rings. The van der Waals surface area contributed by atoms with Gasteiger partial charge in [0.05, 0.1) is 6.10 Å². The second-order valence-electron chi connectivity index (χ2n) is 4.60. The molecule has 3 heteroatoms. The second-order valence-corrected chi connectivity index (χ2v) is 4.60. The third-order valence-electron chi connectivity index (χ3n) is 3.18. The van der Waals surface area contributed by atoms with E-state index in [9.17, 15) is 0 Å². The minimum absolute atomic E-state index is 0.428. The summed E-state index contributed by atoms with van der Waals surface area (Å²) >= 11 is 0. The SMILES string of the molecule is CCCNC1CCCCC1OCCCOC. The standard InChI is InChI=1S/C13H27NO2/c1-3-9-14-12-7-4-5-8-13(12)16-11-6-10-15-2/h12-14H,3-11H2,1-2H3. The van der Waals surface area contributed by atoms with E-state index < -0.39 is 0 Å². The predicted octanol–water partition coefficient (Wildman–Crippen LogP) is 2.35. The van der Waals surface area contributed by atoms with Crippen LogP contribution in [0.1, 0.15) is 45.4 Å². The van der Waals surface area contributed by atoms with Crippen molar-refractivity contribution in [2.45, 2.75) is 57.6 Å². The van der Waals surface area contributed by atoms with Gasteiger partial charge in [-0.3, -0.25) is 0 Å². The van der Waals surface area contributed by atoms with Gasteiger partial charge < -0.3 is 14.8 Å². The maximum Gasteiger partial charge on any atom is 0.0728 e. The highest BCUT2D eigenvalue weighted by atomic mass is 16.5. The third kappa shape index (κ3) is 5.28. The summed E-state index contributed by atoms with van der Waals surface area (Å²) in [7, 11) is 1.74. The van der Waals surface area contributed by atoms with Crippen LogP contribution in [0.2, 0.25) is 0 Å². The first-order chi connectivity index (χ1) is 7.88. The lowest BCUT2D eigenvalue weighted by Gasteiger charge is -2.32. The van der Waals surface area contributed by atoms with Crippen molar-refractivity contribution in [3.63, 3.8) is 0 Å². The zero-order chi connectivity index (χ0) is 11.6. The van der Waals surface area contributed by atoms with Gasteiger partial charge in [-0.1, -0.05) is 19.8 Å². The van der Waals surface area contributed by atoms with Gasteiger partial charge in [-0.15, -0.1) is 0 Å². The molecule has 0 spiro atoms. The van der Waals surface area contributed by atoms with Gasteiger partial charge in [0.25, 0.3) is 0 Å². The van der Waals surface area contributed by atoms with Crippen molar-refractivity contribution in [2.24, 2.45) is 0 Å². The van der Waals surface area contributed by atoms with Gasteiger partial charge >= 0.3 is 0 Å². The number of nitrogens with one attached hydrogen (secondary N) is 1.